The van der Waals surface area contributed by atoms with Crippen molar-refractivity contribution in [1.29, 1.82) is 0 Å². The van der Waals surface area contributed by atoms with Crippen molar-refractivity contribution in [2.45, 2.75) is 18.2 Å². The number of fused-ring (bicyclic) bond motifs is 1. The van der Waals surface area contributed by atoms with Crippen molar-refractivity contribution >= 4 is 37.6 Å². The van der Waals surface area contributed by atoms with Crippen LogP contribution < -0.4 is 9.62 Å². The third-order valence-corrected chi connectivity index (χ3v) is 5.86. The van der Waals surface area contributed by atoms with Crippen molar-refractivity contribution in [2.24, 2.45) is 0 Å². The number of benzene rings is 1. The third-order valence-electron chi connectivity index (χ3n) is 3.57. The Morgan fingerprint density at radius 3 is 2.70 bits per heavy atom. The van der Waals surface area contributed by atoms with E-state index in [1.165, 1.54) is 12.4 Å². The van der Waals surface area contributed by atoms with E-state index in [0.717, 1.165) is 29.9 Å². The second kappa shape index (κ2) is 5.93. The van der Waals surface area contributed by atoms with E-state index in [0.29, 0.717) is 4.47 Å². The molecule has 2 heterocycles. The van der Waals surface area contributed by atoms with Gasteiger partial charge in [0.2, 0.25) is 5.95 Å². The lowest BCUT2D eigenvalue weighted by Gasteiger charge is -2.20. The zero-order valence-electron chi connectivity index (χ0n) is 12.5. The van der Waals surface area contributed by atoms with E-state index in [1.54, 1.807) is 12.1 Å². The SMILES string of the molecule is C=C(C)N1CCc2cc(Br)c(S(=O)(=O)Nc3ncccn3)cc21. The minimum Gasteiger partial charge on any atom is -0.345 e. The number of sulfonamides is 1. The molecule has 0 aliphatic carbocycles. The van der Waals surface area contributed by atoms with Gasteiger partial charge in [0.15, 0.2) is 0 Å². The van der Waals surface area contributed by atoms with Crippen LogP contribution in [0.2, 0.25) is 0 Å². The molecule has 0 amide bonds. The van der Waals surface area contributed by atoms with Gasteiger partial charge in [-0.25, -0.2) is 23.1 Å². The molecule has 1 N–H and O–H groups in total. The van der Waals surface area contributed by atoms with Crippen LogP contribution in [-0.4, -0.2) is 24.9 Å². The van der Waals surface area contributed by atoms with Crippen molar-refractivity contribution in [2.75, 3.05) is 16.2 Å². The van der Waals surface area contributed by atoms with Crippen LogP contribution in [0.4, 0.5) is 11.6 Å². The molecule has 1 aromatic carbocycles. The molecule has 1 aliphatic heterocycles. The number of aromatic nitrogens is 2. The van der Waals surface area contributed by atoms with E-state index >= 15 is 0 Å². The number of halogens is 1. The quantitative estimate of drug-likeness (QED) is 0.862. The third kappa shape index (κ3) is 3.09. The summed E-state index contributed by atoms with van der Waals surface area (Å²) in [5.74, 6) is 0.0386. The monoisotopic (exact) mass is 394 g/mol. The van der Waals surface area contributed by atoms with Crippen LogP contribution in [0.5, 0.6) is 0 Å². The van der Waals surface area contributed by atoms with Crippen molar-refractivity contribution in [1.82, 2.24) is 9.97 Å². The summed E-state index contributed by atoms with van der Waals surface area (Å²) < 4.78 is 28.2. The van der Waals surface area contributed by atoms with Gasteiger partial charge in [0, 0.05) is 34.8 Å². The lowest BCUT2D eigenvalue weighted by Crippen LogP contribution is -2.18. The summed E-state index contributed by atoms with van der Waals surface area (Å²) >= 11 is 3.36. The van der Waals surface area contributed by atoms with Gasteiger partial charge in [0.1, 0.15) is 4.90 Å². The number of hydrogen-bond acceptors (Lipinski definition) is 5. The fraction of sp³-hybridized carbons (Fsp3) is 0.200. The van der Waals surface area contributed by atoms with E-state index < -0.39 is 10.0 Å². The number of nitrogens with zero attached hydrogens (tertiary/aromatic N) is 3. The summed E-state index contributed by atoms with van der Waals surface area (Å²) in [4.78, 5) is 9.95. The summed E-state index contributed by atoms with van der Waals surface area (Å²) in [5, 5.41) is 0. The molecular weight excluding hydrogens is 380 g/mol. The van der Waals surface area contributed by atoms with Crippen LogP contribution in [0.15, 0.2) is 52.2 Å². The standard InChI is InChI=1S/C15H15BrN4O2S/c1-10(2)20-7-4-11-8-12(16)14(9-13(11)20)23(21,22)19-15-17-5-3-6-18-15/h3,5-6,8-9H,1,4,7H2,2H3,(H,17,18,19). The summed E-state index contributed by atoms with van der Waals surface area (Å²) in [6, 6.07) is 5.12. The highest BCUT2D eigenvalue weighted by molar-refractivity contribution is 9.10. The van der Waals surface area contributed by atoms with Gasteiger partial charge >= 0.3 is 0 Å². The topological polar surface area (TPSA) is 75.2 Å². The Morgan fingerprint density at radius 2 is 2.04 bits per heavy atom. The van der Waals surface area contributed by atoms with Crippen molar-refractivity contribution in [3.8, 4) is 0 Å². The molecule has 8 heteroatoms. The summed E-state index contributed by atoms with van der Waals surface area (Å²) in [7, 11) is -3.79. The fourth-order valence-electron chi connectivity index (χ4n) is 2.52. The van der Waals surface area contributed by atoms with Gasteiger partial charge in [-0.05, 0) is 53.0 Å². The minimum atomic E-state index is -3.79. The van der Waals surface area contributed by atoms with Crippen molar-refractivity contribution in [3.63, 3.8) is 0 Å². The Hall–Kier alpha value is -1.93. The Balaban J connectivity index is 2.03. The number of nitrogens with one attached hydrogen (secondary N) is 1. The minimum absolute atomic E-state index is 0.0386. The molecule has 2 aromatic rings. The lowest BCUT2D eigenvalue weighted by atomic mass is 10.2. The molecule has 0 unspecified atom stereocenters. The average Bonchev–Trinajstić information content (AvgIpc) is 2.89. The zero-order chi connectivity index (χ0) is 16.6. The molecule has 0 spiro atoms. The first-order valence-corrected chi connectivity index (χ1v) is 9.21. The van der Waals surface area contributed by atoms with Crippen molar-refractivity contribution in [3.05, 3.63) is 52.9 Å². The molecule has 0 fully saturated rings. The predicted molar refractivity (Wildman–Crippen MR) is 92.8 cm³/mol. The highest BCUT2D eigenvalue weighted by Crippen LogP contribution is 2.37. The van der Waals surface area contributed by atoms with Crippen LogP contribution in [0.3, 0.4) is 0 Å². The summed E-state index contributed by atoms with van der Waals surface area (Å²) in [6.45, 7) is 6.65. The number of anilines is 2. The maximum atomic E-state index is 12.6. The largest absolute Gasteiger partial charge is 0.345 e. The van der Waals surface area contributed by atoms with E-state index in [9.17, 15) is 8.42 Å². The maximum absolute atomic E-state index is 12.6. The Kier molecular flexibility index (Phi) is 4.11. The van der Waals surface area contributed by atoms with Crippen LogP contribution in [-0.2, 0) is 16.4 Å². The van der Waals surface area contributed by atoms with Gasteiger partial charge in [0.25, 0.3) is 10.0 Å². The van der Waals surface area contributed by atoms with Gasteiger partial charge in [0.05, 0.1) is 0 Å². The van der Waals surface area contributed by atoms with E-state index in [1.807, 2.05) is 17.9 Å². The van der Waals surface area contributed by atoms with Crippen LogP contribution in [0.1, 0.15) is 12.5 Å². The maximum Gasteiger partial charge on any atom is 0.265 e. The normalized spacial score (nSPS) is 13.7. The molecule has 6 nitrogen and oxygen atoms in total. The zero-order valence-corrected chi connectivity index (χ0v) is 14.9. The van der Waals surface area contributed by atoms with Gasteiger partial charge in [-0.3, -0.25) is 0 Å². The molecule has 0 atom stereocenters. The van der Waals surface area contributed by atoms with E-state index in [-0.39, 0.29) is 10.8 Å². The molecule has 3 rings (SSSR count). The van der Waals surface area contributed by atoms with Gasteiger partial charge in [-0.1, -0.05) is 6.58 Å². The van der Waals surface area contributed by atoms with Gasteiger partial charge in [-0.15, -0.1) is 0 Å². The first kappa shape index (κ1) is 15.9. The molecular formula is C15H15BrN4O2S. The predicted octanol–water partition coefficient (Wildman–Crippen LogP) is 2.94. The molecule has 0 saturated heterocycles. The summed E-state index contributed by atoms with van der Waals surface area (Å²) in [6.07, 6.45) is 3.81. The van der Waals surface area contributed by atoms with E-state index in [2.05, 4.69) is 37.2 Å². The number of rotatable bonds is 4. The second-order valence-electron chi connectivity index (χ2n) is 5.23. The highest BCUT2D eigenvalue weighted by Gasteiger charge is 2.26. The Bertz CT molecular complexity index is 869. The first-order chi connectivity index (χ1) is 10.9. The van der Waals surface area contributed by atoms with Crippen molar-refractivity contribution < 1.29 is 8.42 Å². The molecule has 1 aromatic heterocycles. The molecule has 1 aliphatic rings. The summed E-state index contributed by atoms with van der Waals surface area (Å²) in [5.41, 5.74) is 2.85. The first-order valence-electron chi connectivity index (χ1n) is 6.94. The second-order valence-corrected chi connectivity index (χ2v) is 7.73. The Morgan fingerprint density at radius 1 is 1.35 bits per heavy atom. The number of hydrogen-bond donors (Lipinski definition) is 1. The molecule has 0 radical (unpaired) electrons. The van der Waals surface area contributed by atoms with Crippen LogP contribution in [0.25, 0.3) is 0 Å². The fourth-order valence-corrected chi connectivity index (χ4v) is 4.59. The molecule has 0 saturated carbocycles. The van der Waals surface area contributed by atoms with E-state index in [4.69, 9.17) is 0 Å². The van der Waals surface area contributed by atoms with Crippen LogP contribution in [0, 0.1) is 0 Å². The molecule has 120 valence electrons. The van der Waals surface area contributed by atoms with Gasteiger partial charge in [-0.2, -0.15) is 0 Å². The smallest absolute Gasteiger partial charge is 0.265 e. The lowest BCUT2D eigenvalue weighted by molar-refractivity contribution is 0.600. The van der Waals surface area contributed by atoms with Gasteiger partial charge < -0.3 is 4.90 Å². The molecule has 0 bridgehead atoms. The molecule has 23 heavy (non-hydrogen) atoms. The number of allylic oxidation sites excluding steroid dienone is 1. The highest BCUT2D eigenvalue weighted by atomic mass is 79.9. The average molecular weight is 395 g/mol. The Labute approximate surface area is 143 Å². The van der Waals surface area contributed by atoms with Crippen LogP contribution >= 0.6 is 15.9 Å².